The normalized spacial score (nSPS) is 11.4. The Kier molecular flexibility index (Phi) is 5.93. The van der Waals surface area contributed by atoms with Gasteiger partial charge in [0.05, 0.1) is 5.69 Å². The van der Waals surface area contributed by atoms with Crippen LogP contribution in [0.25, 0.3) is 5.69 Å². The Morgan fingerprint density at radius 3 is 2.35 bits per heavy atom. The molecule has 0 saturated heterocycles. The fourth-order valence-electron chi connectivity index (χ4n) is 2.70. The van der Waals surface area contributed by atoms with Crippen LogP contribution >= 0.6 is 0 Å². The van der Waals surface area contributed by atoms with E-state index in [1.807, 2.05) is 36.5 Å². The van der Waals surface area contributed by atoms with E-state index in [0.717, 1.165) is 12.2 Å². The van der Waals surface area contributed by atoms with Crippen LogP contribution in [0.3, 0.4) is 0 Å². The average Bonchev–Trinajstić information content (AvgIpc) is 3.05. The van der Waals surface area contributed by atoms with Crippen LogP contribution in [0.1, 0.15) is 38.1 Å². The maximum Gasteiger partial charge on any atom is 0.251 e. The van der Waals surface area contributed by atoms with Crippen LogP contribution in [0.4, 0.5) is 0 Å². The van der Waals surface area contributed by atoms with E-state index in [9.17, 15) is 4.79 Å². The lowest BCUT2D eigenvalue weighted by atomic mass is 10.2. The number of aromatic nitrogens is 2. The molecule has 1 N–H and O–H groups in total. The molecule has 2 rings (SSSR count). The molecule has 2 aromatic rings. The number of nitrogens with zero attached hydrogens (tertiary/aromatic N) is 3. The zero-order chi connectivity index (χ0) is 16.8. The summed E-state index contributed by atoms with van der Waals surface area (Å²) in [7, 11) is 0. The zero-order valence-corrected chi connectivity index (χ0v) is 14.4. The van der Waals surface area contributed by atoms with Crippen LogP contribution in [0.15, 0.2) is 42.7 Å². The third kappa shape index (κ3) is 4.66. The summed E-state index contributed by atoms with van der Waals surface area (Å²) < 4.78 is 1.77. The molecule has 124 valence electrons. The van der Waals surface area contributed by atoms with Gasteiger partial charge >= 0.3 is 0 Å². The first kappa shape index (κ1) is 17.2. The van der Waals surface area contributed by atoms with E-state index in [4.69, 9.17) is 0 Å². The van der Waals surface area contributed by atoms with Crippen molar-refractivity contribution in [2.45, 2.75) is 39.8 Å². The fourth-order valence-corrected chi connectivity index (χ4v) is 2.70. The van der Waals surface area contributed by atoms with Gasteiger partial charge < -0.3 is 5.32 Å². The topological polar surface area (TPSA) is 50.2 Å². The van der Waals surface area contributed by atoms with Gasteiger partial charge in [-0.2, -0.15) is 5.10 Å². The van der Waals surface area contributed by atoms with E-state index < -0.39 is 0 Å². The van der Waals surface area contributed by atoms with Crippen molar-refractivity contribution in [1.29, 1.82) is 0 Å². The SMILES string of the molecule is CC(C)N(CCNC(=O)c1ccc(-n2cccn2)cc1)C(C)C. The third-order valence-electron chi connectivity index (χ3n) is 3.88. The lowest BCUT2D eigenvalue weighted by Crippen LogP contribution is -2.42. The third-order valence-corrected chi connectivity index (χ3v) is 3.88. The van der Waals surface area contributed by atoms with Gasteiger partial charge in [0, 0.05) is 43.1 Å². The summed E-state index contributed by atoms with van der Waals surface area (Å²) in [5.41, 5.74) is 1.61. The predicted molar refractivity (Wildman–Crippen MR) is 92.9 cm³/mol. The van der Waals surface area contributed by atoms with Gasteiger partial charge in [0.25, 0.3) is 5.91 Å². The largest absolute Gasteiger partial charge is 0.351 e. The van der Waals surface area contributed by atoms with Gasteiger partial charge in [-0.05, 0) is 58.0 Å². The number of nitrogens with one attached hydrogen (secondary N) is 1. The van der Waals surface area contributed by atoms with E-state index in [1.165, 1.54) is 0 Å². The number of rotatable bonds is 7. The minimum absolute atomic E-state index is 0.0375. The van der Waals surface area contributed by atoms with Gasteiger partial charge in [-0.1, -0.05) is 0 Å². The zero-order valence-electron chi connectivity index (χ0n) is 14.4. The lowest BCUT2D eigenvalue weighted by molar-refractivity contribution is 0.0939. The van der Waals surface area contributed by atoms with Crippen LogP contribution in [0.2, 0.25) is 0 Å². The standard InChI is InChI=1S/C18H26N4O/c1-14(2)21(15(3)4)13-11-19-18(23)16-6-8-17(9-7-16)22-12-5-10-20-22/h5-10,12,14-15H,11,13H2,1-4H3,(H,19,23). The summed E-state index contributed by atoms with van der Waals surface area (Å²) in [5, 5.41) is 7.16. The van der Waals surface area contributed by atoms with Crippen molar-refractivity contribution in [1.82, 2.24) is 20.0 Å². The molecule has 1 amide bonds. The van der Waals surface area contributed by atoms with Crippen molar-refractivity contribution in [3.63, 3.8) is 0 Å². The summed E-state index contributed by atoms with van der Waals surface area (Å²) in [6, 6.07) is 10.3. The molecule has 0 aliphatic heterocycles. The van der Waals surface area contributed by atoms with Gasteiger partial charge in [0.1, 0.15) is 0 Å². The number of carbonyl (C=O) groups is 1. The minimum Gasteiger partial charge on any atom is -0.351 e. The van der Waals surface area contributed by atoms with Crippen molar-refractivity contribution in [2.75, 3.05) is 13.1 Å². The number of hydrogen-bond donors (Lipinski definition) is 1. The molecule has 0 saturated carbocycles. The molecular weight excluding hydrogens is 288 g/mol. The number of amides is 1. The molecular formula is C18H26N4O. The van der Waals surface area contributed by atoms with Gasteiger partial charge in [0.15, 0.2) is 0 Å². The van der Waals surface area contributed by atoms with E-state index in [-0.39, 0.29) is 5.91 Å². The van der Waals surface area contributed by atoms with Crippen LogP contribution in [0.5, 0.6) is 0 Å². The molecule has 1 aromatic carbocycles. The average molecular weight is 314 g/mol. The number of carbonyl (C=O) groups excluding carboxylic acids is 1. The van der Waals surface area contributed by atoms with Crippen molar-refractivity contribution < 1.29 is 4.79 Å². The van der Waals surface area contributed by atoms with Crippen molar-refractivity contribution in [3.8, 4) is 5.69 Å². The Labute approximate surface area is 138 Å². The minimum atomic E-state index is -0.0375. The van der Waals surface area contributed by atoms with Crippen LogP contribution < -0.4 is 5.32 Å². The number of benzene rings is 1. The van der Waals surface area contributed by atoms with Crippen LogP contribution in [-0.4, -0.2) is 45.8 Å². The second kappa shape index (κ2) is 7.92. The van der Waals surface area contributed by atoms with Crippen molar-refractivity contribution in [2.24, 2.45) is 0 Å². The summed E-state index contributed by atoms with van der Waals surface area (Å²) in [5.74, 6) is -0.0375. The quantitative estimate of drug-likeness (QED) is 0.855. The first-order valence-electron chi connectivity index (χ1n) is 8.13. The molecule has 0 aliphatic carbocycles. The Morgan fingerprint density at radius 1 is 1.17 bits per heavy atom. The Morgan fingerprint density at radius 2 is 1.83 bits per heavy atom. The first-order valence-corrected chi connectivity index (χ1v) is 8.13. The highest BCUT2D eigenvalue weighted by Gasteiger charge is 2.13. The summed E-state index contributed by atoms with van der Waals surface area (Å²) in [4.78, 5) is 14.6. The van der Waals surface area contributed by atoms with Crippen LogP contribution in [-0.2, 0) is 0 Å². The smallest absolute Gasteiger partial charge is 0.251 e. The van der Waals surface area contributed by atoms with E-state index in [2.05, 4.69) is 43.0 Å². The molecule has 0 radical (unpaired) electrons. The van der Waals surface area contributed by atoms with Crippen molar-refractivity contribution in [3.05, 3.63) is 48.3 Å². The number of hydrogen-bond acceptors (Lipinski definition) is 3. The Hall–Kier alpha value is -2.14. The molecule has 1 aromatic heterocycles. The highest BCUT2D eigenvalue weighted by molar-refractivity contribution is 5.94. The van der Waals surface area contributed by atoms with Crippen molar-refractivity contribution >= 4 is 5.91 Å². The van der Waals surface area contributed by atoms with E-state index in [1.54, 1.807) is 10.9 Å². The van der Waals surface area contributed by atoms with E-state index in [0.29, 0.717) is 24.2 Å². The molecule has 23 heavy (non-hydrogen) atoms. The molecule has 0 bridgehead atoms. The second-order valence-electron chi connectivity index (χ2n) is 6.18. The molecule has 0 unspecified atom stereocenters. The summed E-state index contributed by atoms with van der Waals surface area (Å²) in [6.07, 6.45) is 3.61. The van der Waals surface area contributed by atoms with Gasteiger partial charge in [-0.25, -0.2) is 4.68 Å². The first-order chi connectivity index (χ1) is 11.0. The summed E-state index contributed by atoms with van der Waals surface area (Å²) >= 11 is 0. The second-order valence-corrected chi connectivity index (χ2v) is 6.18. The Balaban J connectivity index is 1.88. The monoisotopic (exact) mass is 314 g/mol. The molecule has 0 aliphatic rings. The molecule has 0 spiro atoms. The Bertz CT molecular complexity index is 594. The molecule has 0 atom stereocenters. The summed E-state index contributed by atoms with van der Waals surface area (Å²) in [6.45, 7) is 10.2. The highest BCUT2D eigenvalue weighted by atomic mass is 16.1. The molecule has 5 nitrogen and oxygen atoms in total. The maximum absolute atomic E-state index is 12.2. The van der Waals surface area contributed by atoms with Gasteiger partial charge in [0.2, 0.25) is 0 Å². The maximum atomic E-state index is 12.2. The van der Waals surface area contributed by atoms with Gasteiger partial charge in [-0.15, -0.1) is 0 Å². The fraction of sp³-hybridized carbons (Fsp3) is 0.444. The predicted octanol–water partition coefficient (Wildman–Crippen LogP) is 2.72. The van der Waals surface area contributed by atoms with Gasteiger partial charge in [-0.3, -0.25) is 9.69 Å². The molecule has 1 heterocycles. The lowest BCUT2D eigenvalue weighted by Gasteiger charge is -2.30. The highest BCUT2D eigenvalue weighted by Crippen LogP contribution is 2.09. The molecule has 5 heteroatoms. The van der Waals surface area contributed by atoms with Crippen LogP contribution in [0, 0.1) is 0 Å². The molecule has 0 fully saturated rings. The van der Waals surface area contributed by atoms with E-state index >= 15 is 0 Å².